The fourth-order valence-electron chi connectivity index (χ4n) is 2.07. The Morgan fingerprint density at radius 1 is 1.00 bits per heavy atom. The van der Waals surface area contributed by atoms with E-state index in [-0.39, 0.29) is 5.54 Å². The van der Waals surface area contributed by atoms with Gasteiger partial charge in [0.05, 0.1) is 0 Å². The second kappa shape index (κ2) is 4.96. The monoisotopic (exact) mass is 255 g/mol. The molecule has 0 aliphatic rings. The van der Waals surface area contributed by atoms with Gasteiger partial charge in [-0.2, -0.15) is 0 Å². The maximum atomic E-state index is 9.63. The first-order chi connectivity index (χ1) is 8.87. The van der Waals surface area contributed by atoms with Crippen LogP contribution < -0.4 is 5.32 Å². The third-order valence-corrected chi connectivity index (χ3v) is 2.94. The van der Waals surface area contributed by atoms with Crippen molar-refractivity contribution in [3.63, 3.8) is 0 Å². The van der Waals surface area contributed by atoms with Crippen molar-refractivity contribution in [2.24, 2.45) is 0 Å². The van der Waals surface area contributed by atoms with E-state index in [4.69, 9.17) is 0 Å². The van der Waals surface area contributed by atoms with E-state index >= 15 is 0 Å². The summed E-state index contributed by atoms with van der Waals surface area (Å²) in [5.41, 5.74) is 4.29. The molecule has 0 atom stereocenters. The molecule has 0 saturated heterocycles. The van der Waals surface area contributed by atoms with Gasteiger partial charge in [0.15, 0.2) is 0 Å². The number of anilines is 1. The zero-order valence-corrected chi connectivity index (χ0v) is 12.0. The Bertz CT molecular complexity index is 582. The molecule has 0 fully saturated rings. The lowest BCUT2D eigenvalue weighted by Gasteiger charge is -2.24. The minimum absolute atomic E-state index is 0.0159. The predicted octanol–water partition coefficient (Wildman–Crippen LogP) is 4.58. The summed E-state index contributed by atoms with van der Waals surface area (Å²) >= 11 is 0. The van der Waals surface area contributed by atoms with Gasteiger partial charge in [0, 0.05) is 16.8 Å². The molecule has 0 bridgehead atoms. The summed E-state index contributed by atoms with van der Waals surface area (Å²) in [5, 5.41) is 13.2. The number of para-hydroxylation sites is 1. The Kier molecular flexibility index (Phi) is 3.52. The summed E-state index contributed by atoms with van der Waals surface area (Å²) < 4.78 is 0. The van der Waals surface area contributed by atoms with E-state index in [1.807, 2.05) is 31.2 Å². The van der Waals surface area contributed by atoms with Crippen molar-refractivity contribution in [3.05, 3.63) is 48.0 Å². The average Bonchev–Trinajstić information content (AvgIpc) is 2.31. The van der Waals surface area contributed by atoms with Gasteiger partial charge >= 0.3 is 0 Å². The van der Waals surface area contributed by atoms with E-state index in [9.17, 15) is 5.11 Å². The lowest BCUT2D eigenvalue weighted by atomic mass is 9.99. The second-order valence-electron chi connectivity index (χ2n) is 5.92. The second-order valence-corrected chi connectivity index (χ2v) is 5.92. The largest absolute Gasteiger partial charge is 0.508 e. The van der Waals surface area contributed by atoms with Crippen LogP contribution in [0, 0.1) is 6.92 Å². The number of nitrogens with one attached hydrogen (secondary N) is 1. The molecule has 2 rings (SSSR count). The number of phenols is 1. The van der Waals surface area contributed by atoms with Crippen LogP contribution in [-0.2, 0) is 0 Å². The van der Waals surface area contributed by atoms with Crippen molar-refractivity contribution in [2.45, 2.75) is 33.2 Å². The van der Waals surface area contributed by atoms with Crippen molar-refractivity contribution < 1.29 is 5.11 Å². The fourth-order valence-corrected chi connectivity index (χ4v) is 2.07. The fraction of sp³-hybridized carbons (Fsp3) is 0.294. The minimum atomic E-state index is 0.0159. The van der Waals surface area contributed by atoms with Crippen LogP contribution in [0.15, 0.2) is 42.5 Å². The van der Waals surface area contributed by atoms with Crippen LogP contribution >= 0.6 is 0 Å². The van der Waals surface area contributed by atoms with Gasteiger partial charge in [-0.05, 0) is 57.0 Å². The van der Waals surface area contributed by atoms with E-state index < -0.39 is 0 Å². The molecule has 0 saturated carbocycles. The van der Waals surface area contributed by atoms with Crippen LogP contribution in [-0.4, -0.2) is 10.6 Å². The number of hydrogen-bond donors (Lipinski definition) is 2. The highest BCUT2D eigenvalue weighted by Crippen LogP contribution is 2.32. The highest BCUT2D eigenvalue weighted by molar-refractivity contribution is 5.79. The molecule has 19 heavy (non-hydrogen) atoms. The summed E-state index contributed by atoms with van der Waals surface area (Å²) in [6.07, 6.45) is 0. The Labute approximate surface area is 115 Å². The molecule has 2 N–H and O–H groups in total. The molecule has 0 spiro atoms. The van der Waals surface area contributed by atoms with Crippen LogP contribution in [0.5, 0.6) is 5.75 Å². The molecule has 0 amide bonds. The standard InChI is InChI=1S/C17H21NO/c1-12-11-13(9-10-16(12)19)14-7-5-6-8-15(14)18-17(2,3)4/h5-11,18-19H,1-4H3. The van der Waals surface area contributed by atoms with Gasteiger partial charge in [-0.15, -0.1) is 0 Å². The zero-order valence-electron chi connectivity index (χ0n) is 12.0. The van der Waals surface area contributed by atoms with Crippen LogP contribution in [0.1, 0.15) is 26.3 Å². The quantitative estimate of drug-likeness (QED) is 0.823. The van der Waals surface area contributed by atoms with Gasteiger partial charge in [0.2, 0.25) is 0 Å². The van der Waals surface area contributed by atoms with E-state index in [1.54, 1.807) is 6.07 Å². The van der Waals surface area contributed by atoms with E-state index in [1.165, 1.54) is 0 Å². The number of aromatic hydroxyl groups is 1. The molecule has 2 heteroatoms. The van der Waals surface area contributed by atoms with Gasteiger partial charge in [0.1, 0.15) is 5.75 Å². The molecule has 2 aromatic rings. The van der Waals surface area contributed by atoms with Gasteiger partial charge < -0.3 is 10.4 Å². The zero-order chi connectivity index (χ0) is 14.0. The summed E-state index contributed by atoms with van der Waals surface area (Å²) in [5.74, 6) is 0.338. The molecule has 100 valence electrons. The Balaban J connectivity index is 2.47. The summed E-state index contributed by atoms with van der Waals surface area (Å²) in [7, 11) is 0. The van der Waals surface area contributed by atoms with Gasteiger partial charge in [-0.25, -0.2) is 0 Å². The van der Waals surface area contributed by atoms with Crippen LogP contribution in [0.4, 0.5) is 5.69 Å². The number of benzene rings is 2. The molecule has 0 radical (unpaired) electrons. The Morgan fingerprint density at radius 2 is 1.68 bits per heavy atom. The SMILES string of the molecule is Cc1cc(-c2ccccc2NC(C)(C)C)ccc1O. The maximum Gasteiger partial charge on any atom is 0.118 e. The normalized spacial score (nSPS) is 11.4. The first-order valence-corrected chi connectivity index (χ1v) is 6.54. The van der Waals surface area contributed by atoms with Crippen LogP contribution in [0.25, 0.3) is 11.1 Å². The molecule has 0 aromatic heterocycles. The smallest absolute Gasteiger partial charge is 0.118 e. The third-order valence-electron chi connectivity index (χ3n) is 2.94. The van der Waals surface area contributed by atoms with E-state index in [0.717, 1.165) is 22.4 Å². The molecule has 2 aromatic carbocycles. The number of phenolic OH excluding ortho intramolecular Hbond substituents is 1. The highest BCUT2D eigenvalue weighted by atomic mass is 16.3. The van der Waals surface area contributed by atoms with Crippen molar-refractivity contribution in [1.29, 1.82) is 0 Å². The summed E-state index contributed by atoms with van der Waals surface area (Å²) in [6.45, 7) is 8.35. The minimum Gasteiger partial charge on any atom is -0.508 e. The van der Waals surface area contributed by atoms with E-state index in [0.29, 0.717) is 5.75 Å². The third kappa shape index (κ3) is 3.28. The van der Waals surface area contributed by atoms with E-state index in [2.05, 4.69) is 38.2 Å². The summed E-state index contributed by atoms with van der Waals surface area (Å²) in [4.78, 5) is 0. The first kappa shape index (κ1) is 13.5. The van der Waals surface area contributed by atoms with Crippen molar-refractivity contribution in [1.82, 2.24) is 0 Å². The molecular weight excluding hydrogens is 234 g/mol. The molecule has 0 unspecified atom stereocenters. The van der Waals surface area contributed by atoms with Crippen LogP contribution in [0.2, 0.25) is 0 Å². The summed E-state index contributed by atoms with van der Waals surface area (Å²) in [6, 6.07) is 14.0. The highest BCUT2D eigenvalue weighted by Gasteiger charge is 2.13. The first-order valence-electron chi connectivity index (χ1n) is 6.54. The van der Waals surface area contributed by atoms with Crippen molar-refractivity contribution >= 4 is 5.69 Å². The molecular formula is C17H21NO. The maximum absolute atomic E-state index is 9.63. The predicted molar refractivity (Wildman–Crippen MR) is 81.7 cm³/mol. The van der Waals surface area contributed by atoms with Gasteiger partial charge in [0.25, 0.3) is 0 Å². The van der Waals surface area contributed by atoms with Gasteiger partial charge in [-0.3, -0.25) is 0 Å². The Hall–Kier alpha value is -1.96. The molecule has 0 heterocycles. The number of hydrogen-bond acceptors (Lipinski definition) is 2. The lowest BCUT2D eigenvalue weighted by Crippen LogP contribution is -2.26. The van der Waals surface area contributed by atoms with Crippen molar-refractivity contribution in [2.75, 3.05) is 5.32 Å². The average molecular weight is 255 g/mol. The number of aryl methyl sites for hydroxylation is 1. The molecule has 2 nitrogen and oxygen atoms in total. The Morgan fingerprint density at radius 3 is 2.32 bits per heavy atom. The number of rotatable bonds is 2. The molecule has 0 aliphatic carbocycles. The van der Waals surface area contributed by atoms with Crippen molar-refractivity contribution in [3.8, 4) is 16.9 Å². The lowest BCUT2D eigenvalue weighted by molar-refractivity contribution is 0.471. The molecule has 0 aliphatic heterocycles. The topological polar surface area (TPSA) is 32.3 Å². The van der Waals surface area contributed by atoms with Gasteiger partial charge in [-0.1, -0.05) is 24.3 Å². The van der Waals surface area contributed by atoms with Crippen LogP contribution in [0.3, 0.4) is 0 Å².